The van der Waals surface area contributed by atoms with Crippen LogP contribution < -0.4 is 10.1 Å². The molecule has 2 heterocycles. The third-order valence-corrected chi connectivity index (χ3v) is 8.04. The Kier molecular flexibility index (Phi) is 6.91. The van der Waals surface area contributed by atoms with E-state index in [0.717, 1.165) is 10.2 Å². The molecule has 1 aromatic carbocycles. The number of benzene rings is 1. The van der Waals surface area contributed by atoms with E-state index in [1.807, 2.05) is 24.3 Å². The fourth-order valence-electron chi connectivity index (χ4n) is 2.96. The van der Waals surface area contributed by atoms with Crippen LogP contribution >= 0.6 is 27.3 Å². The maximum Gasteiger partial charge on any atom is 0.252 e. The van der Waals surface area contributed by atoms with Gasteiger partial charge in [0.1, 0.15) is 16.6 Å². The number of thiophene rings is 1. The molecule has 27 heavy (non-hydrogen) atoms. The van der Waals surface area contributed by atoms with Crippen LogP contribution in [0.5, 0.6) is 5.75 Å². The van der Waals surface area contributed by atoms with Gasteiger partial charge in [-0.2, -0.15) is 4.31 Å². The highest BCUT2D eigenvalue weighted by atomic mass is 79.9. The summed E-state index contributed by atoms with van der Waals surface area (Å²) in [5, 5.41) is 4.59. The van der Waals surface area contributed by atoms with Gasteiger partial charge in [-0.25, -0.2) is 8.42 Å². The predicted molar refractivity (Wildman–Crippen MR) is 108 cm³/mol. The highest BCUT2D eigenvalue weighted by molar-refractivity contribution is 9.10. The van der Waals surface area contributed by atoms with Crippen molar-refractivity contribution < 1.29 is 17.9 Å². The number of hydrogen-bond acceptors (Lipinski definition) is 5. The van der Waals surface area contributed by atoms with Gasteiger partial charge in [-0.3, -0.25) is 4.79 Å². The van der Waals surface area contributed by atoms with Crippen molar-refractivity contribution in [1.82, 2.24) is 9.62 Å². The number of rotatable bonds is 7. The maximum atomic E-state index is 12.6. The molecule has 1 aliphatic rings. The van der Waals surface area contributed by atoms with E-state index in [-0.39, 0.29) is 18.4 Å². The van der Waals surface area contributed by atoms with Crippen molar-refractivity contribution in [2.45, 2.75) is 17.1 Å². The zero-order chi connectivity index (χ0) is 19.3. The first-order chi connectivity index (χ1) is 13.0. The van der Waals surface area contributed by atoms with Gasteiger partial charge in [0.05, 0.1) is 12.5 Å². The fraction of sp³-hybridized carbons (Fsp3) is 0.389. The molecule has 0 aliphatic carbocycles. The standard InChI is InChI=1S/C18H21BrN2O4S2/c19-15-5-1-6-16(12-15)25-10-8-20-18(22)14-4-2-9-21(13-14)27(23,24)17-7-3-11-26-17/h1,3,5-7,11-12,14H,2,4,8-10,13H2,(H,20,22). The first kappa shape index (κ1) is 20.3. The summed E-state index contributed by atoms with van der Waals surface area (Å²) in [5.41, 5.74) is 0. The zero-order valence-corrected chi connectivity index (χ0v) is 17.9. The van der Waals surface area contributed by atoms with Crippen LogP contribution in [0.2, 0.25) is 0 Å². The third-order valence-electron chi connectivity index (χ3n) is 4.31. The lowest BCUT2D eigenvalue weighted by molar-refractivity contribution is -0.126. The molecule has 0 saturated carbocycles. The molecule has 146 valence electrons. The molecule has 0 spiro atoms. The van der Waals surface area contributed by atoms with Gasteiger partial charge in [-0.05, 0) is 42.5 Å². The van der Waals surface area contributed by atoms with Crippen molar-refractivity contribution in [2.24, 2.45) is 5.92 Å². The number of halogens is 1. The molecule has 1 fully saturated rings. The minimum Gasteiger partial charge on any atom is -0.492 e. The second-order valence-corrected chi connectivity index (χ2v) is 10.3. The molecule has 9 heteroatoms. The largest absolute Gasteiger partial charge is 0.492 e. The smallest absolute Gasteiger partial charge is 0.252 e. The zero-order valence-electron chi connectivity index (χ0n) is 14.6. The molecule has 2 aromatic rings. The van der Waals surface area contributed by atoms with Gasteiger partial charge in [0, 0.05) is 17.6 Å². The second-order valence-electron chi connectivity index (χ2n) is 6.23. The van der Waals surface area contributed by atoms with Gasteiger partial charge in [-0.15, -0.1) is 11.3 Å². The number of carbonyl (C=O) groups is 1. The van der Waals surface area contributed by atoms with Crippen molar-refractivity contribution in [1.29, 1.82) is 0 Å². The van der Waals surface area contributed by atoms with Gasteiger partial charge in [0.25, 0.3) is 10.0 Å². The van der Waals surface area contributed by atoms with Crippen molar-refractivity contribution in [3.05, 3.63) is 46.3 Å². The van der Waals surface area contributed by atoms with Gasteiger partial charge >= 0.3 is 0 Å². The van der Waals surface area contributed by atoms with Crippen LogP contribution in [0.25, 0.3) is 0 Å². The molecule has 1 amide bonds. The maximum absolute atomic E-state index is 12.6. The Morgan fingerprint density at radius 3 is 2.93 bits per heavy atom. The van der Waals surface area contributed by atoms with Gasteiger partial charge in [0.2, 0.25) is 5.91 Å². The lowest BCUT2D eigenvalue weighted by atomic mass is 9.99. The predicted octanol–water partition coefficient (Wildman–Crippen LogP) is 3.11. The molecule has 1 N–H and O–H groups in total. The molecule has 0 radical (unpaired) electrons. The topological polar surface area (TPSA) is 75.7 Å². The van der Waals surface area contributed by atoms with E-state index in [1.165, 1.54) is 15.6 Å². The molecule has 1 aliphatic heterocycles. The second kappa shape index (κ2) is 9.18. The molecule has 6 nitrogen and oxygen atoms in total. The average Bonchev–Trinajstić information content (AvgIpc) is 3.21. The van der Waals surface area contributed by atoms with Crippen LogP contribution in [0.4, 0.5) is 0 Å². The molecule has 1 aromatic heterocycles. The number of nitrogens with one attached hydrogen (secondary N) is 1. The third kappa shape index (κ3) is 5.31. The van der Waals surface area contributed by atoms with E-state index >= 15 is 0 Å². The first-order valence-corrected chi connectivity index (χ1v) is 11.8. The van der Waals surface area contributed by atoms with E-state index in [2.05, 4.69) is 21.2 Å². The Labute approximate surface area is 171 Å². The van der Waals surface area contributed by atoms with Crippen molar-refractivity contribution in [3.8, 4) is 5.75 Å². The highest BCUT2D eigenvalue weighted by Gasteiger charge is 2.33. The number of ether oxygens (including phenoxy) is 1. The monoisotopic (exact) mass is 472 g/mol. The number of amides is 1. The minimum atomic E-state index is -3.51. The number of nitrogens with zero attached hydrogens (tertiary/aromatic N) is 1. The van der Waals surface area contributed by atoms with Crippen LogP contribution in [0, 0.1) is 5.92 Å². The number of hydrogen-bond donors (Lipinski definition) is 1. The summed E-state index contributed by atoms with van der Waals surface area (Å²) >= 11 is 4.58. The Morgan fingerprint density at radius 2 is 2.19 bits per heavy atom. The SMILES string of the molecule is O=C(NCCOc1cccc(Br)c1)C1CCCN(S(=O)(=O)c2cccs2)C1. The molecule has 1 saturated heterocycles. The summed E-state index contributed by atoms with van der Waals surface area (Å²) in [6.45, 7) is 1.40. The number of sulfonamides is 1. The Morgan fingerprint density at radius 1 is 1.33 bits per heavy atom. The molecule has 1 atom stereocenters. The minimum absolute atomic E-state index is 0.126. The van der Waals surface area contributed by atoms with Gasteiger partial charge in [0.15, 0.2) is 0 Å². The Balaban J connectivity index is 1.48. The summed E-state index contributed by atoms with van der Waals surface area (Å²) in [5.74, 6) is 0.266. The lowest BCUT2D eigenvalue weighted by Gasteiger charge is -2.30. The van der Waals surface area contributed by atoms with E-state index in [0.29, 0.717) is 36.7 Å². The molecule has 3 rings (SSSR count). The first-order valence-electron chi connectivity index (χ1n) is 8.66. The average molecular weight is 473 g/mol. The Bertz CT molecular complexity index is 871. The van der Waals surface area contributed by atoms with Crippen LogP contribution in [0.15, 0.2) is 50.5 Å². The summed E-state index contributed by atoms with van der Waals surface area (Å²) in [4.78, 5) is 12.4. The van der Waals surface area contributed by atoms with E-state index in [9.17, 15) is 13.2 Å². The van der Waals surface area contributed by atoms with Crippen LogP contribution in [-0.2, 0) is 14.8 Å². The molecule has 1 unspecified atom stereocenters. The summed E-state index contributed by atoms with van der Waals surface area (Å²) in [6.07, 6.45) is 1.37. The quantitative estimate of drug-likeness (QED) is 0.628. The molecular weight excluding hydrogens is 452 g/mol. The van der Waals surface area contributed by atoms with Crippen LogP contribution in [0.1, 0.15) is 12.8 Å². The van der Waals surface area contributed by atoms with E-state index < -0.39 is 10.0 Å². The van der Waals surface area contributed by atoms with Crippen LogP contribution in [-0.4, -0.2) is 44.9 Å². The molecular formula is C18H21BrN2O4S2. The van der Waals surface area contributed by atoms with Crippen LogP contribution in [0.3, 0.4) is 0 Å². The van der Waals surface area contributed by atoms with Crippen molar-refractivity contribution in [2.75, 3.05) is 26.2 Å². The normalized spacial score (nSPS) is 18.2. The van der Waals surface area contributed by atoms with Gasteiger partial charge < -0.3 is 10.1 Å². The lowest BCUT2D eigenvalue weighted by Crippen LogP contribution is -2.45. The van der Waals surface area contributed by atoms with E-state index in [4.69, 9.17) is 4.74 Å². The Hall–Kier alpha value is -1.42. The van der Waals surface area contributed by atoms with Gasteiger partial charge in [-0.1, -0.05) is 28.1 Å². The summed E-state index contributed by atoms with van der Waals surface area (Å²) in [6, 6.07) is 10.8. The van der Waals surface area contributed by atoms with Crippen molar-refractivity contribution >= 4 is 43.2 Å². The highest BCUT2D eigenvalue weighted by Crippen LogP contribution is 2.26. The fourth-order valence-corrected chi connectivity index (χ4v) is 6.00. The number of piperidine rings is 1. The number of carbonyl (C=O) groups excluding carboxylic acids is 1. The summed E-state index contributed by atoms with van der Waals surface area (Å²) < 4.78 is 33.6. The molecule has 0 bridgehead atoms. The van der Waals surface area contributed by atoms with Crippen molar-refractivity contribution in [3.63, 3.8) is 0 Å². The summed E-state index contributed by atoms with van der Waals surface area (Å²) in [7, 11) is -3.51. The van der Waals surface area contributed by atoms with E-state index in [1.54, 1.807) is 17.5 Å².